The quantitative estimate of drug-likeness (QED) is 0.617. The molecule has 0 aromatic heterocycles. The van der Waals surface area contributed by atoms with Crippen molar-refractivity contribution in [1.82, 2.24) is 5.32 Å². The van der Waals surface area contributed by atoms with Gasteiger partial charge >= 0.3 is 11.9 Å². The van der Waals surface area contributed by atoms with Gasteiger partial charge in [0.25, 0.3) is 0 Å². The number of fused-ring (bicyclic) bond motifs is 1. The predicted octanol–water partition coefficient (Wildman–Crippen LogP) is 0.708. The van der Waals surface area contributed by atoms with Crippen LogP contribution in [0.3, 0.4) is 0 Å². The maximum absolute atomic E-state index is 11.8. The van der Waals surface area contributed by atoms with E-state index in [4.69, 9.17) is 18.9 Å². The summed E-state index contributed by atoms with van der Waals surface area (Å²) in [4.78, 5) is 34.7. The molecule has 140 valence electrons. The number of aldehydes is 1. The second-order valence-electron chi connectivity index (χ2n) is 6.27. The first kappa shape index (κ1) is 18.5. The molecule has 0 radical (unpaired) electrons. The molecule has 8 nitrogen and oxygen atoms in total. The Balaban J connectivity index is 1.83. The molecule has 3 rings (SSSR count). The smallest absolute Gasteiger partial charge is 0.304 e. The van der Waals surface area contributed by atoms with Crippen molar-refractivity contribution in [2.24, 2.45) is 5.92 Å². The van der Waals surface area contributed by atoms with E-state index in [0.29, 0.717) is 6.29 Å². The normalized spacial score (nSPS) is 33.6. The van der Waals surface area contributed by atoms with Crippen molar-refractivity contribution in [3.63, 3.8) is 0 Å². The van der Waals surface area contributed by atoms with Crippen molar-refractivity contribution < 1.29 is 33.3 Å². The molecule has 0 saturated carbocycles. The van der Waals surface area contributed by atoms with Crippen LogP contribution in [-0.2, 0) is 33.3 Å². The van der Waals surface area contributed by atoms with Gasteiger partial charge in [-0.25, -0.2) is 0 Å². The van der Waals surface area contributed by atoms with Crippen LogP contribution in [0.2, 0.25) is 0 Å². The van der Waals surface area contributed by atoms with Gasteiger partial charge in [-0.05, 0) is 0 Å². The number of carbonyl (C=O) groups excluding carboxylic acids is 3. The lowest BCUT2D eigenvalue weighted by Gasteiger charge is -2.47. The largest absolute Gasteiger partial charge is 0.456 e. The summed E-state index contributed by atoms with van der Waals surface area (Å²) >= 11 is 0. The van der Waals surface area contributed by atoms with Crippen LogP contribution in [0.15, 0.2) is 30.3 Å². The Morgan fingerprint density at radius 3 is 2.46 bits per heavy atom. The zero-order valence-electron chi connectivity index (χ0n) is 14.5. The Hall–Kier alpha value is -2.29. The van der Waals surface area contributed by atoms with Gasteiger partial charge in [0, 0.05) is 19.4 Å². The number of piperidine rings is 1. The lowest BCUT2D eigenvalue weighted by atomic mass is 9.86. The monoisotopic (exact) mass is 363 g/mol. The van der Waals surface area contributed by atoms with Gasteiger partial charge in [-0.1, -0.05) is 30.3 Å². The van der Waals surface area contributed by atoms with Crippen molar-refractivity contribution in [3.8, 4) is 0 Å². The summed E-state index contributed by atoms with van der Waals surface area (Å²) in [5, 5.41) is 3.05. The summed E-state index contributed by atoms with van der Waals surface area (Å²) in [6, 6.07) is 8.95. The van der Waals surface area contributed by atoms with Crippen molar-refractivity contribution in [1.29, 1.82) is 0 Å². The highest BCUT2D eigenvalue weighted by molar-refractivity contribution is 5.68. The van der Waals surface area contributed by atoms with Gasteiger partial charge in [-0.2, -0.15) is 0 Å². The van der Waals surface area contributed by atoms with Crippen LogP contribution < -0.4 is 5.32 Å². The molecule has 1 N–H and O–H groups in total. The molecule has 0 bridgehead atoms. The summed E-state index contributed by atoms with van der Waals surface area (Å²) in [5.41, 5.74) is 0.821. The van der Waals surface area contributed by atoms with E-state index in [1.807, 2.05) is 30.3 Å². The number of hydrogen-bond donors (Lipinski definition) is 1. The van der Waals surface area contributed by atoms with E-state index >= 15 is 0 Å². The molecule has 4 unspecified atom stereocenters. The van der Waals surface area contributed by atoms with E-state index in [9.17, 15) is 14.4 Å². The number of esters is 2. The van der Waals surface area contributed by atoms with Crippen LogP contribution in [0.4, 0.5) is 0 Å². The summed E-state index contributed by atoms with van der Waals surface area (Å²) in [5.74, 6) is -1.93. The third kappa shape index (κ3) is 3.92. The molecule has 0 spiro atoms. The zero-order chi connectivity index (χ0) is 18.7. The van der Waals surface area contributed by atoms with Gasteiger partial charge in [-0.15, -0.1) is 0 Å². The highest BCUT2D eigenvalue weighted by Gasteiger charge is 2.51. The molecule has 2 saturated heterocycles. The molecule has 2 heterocycles. The first-order valence-electron chi connectivity index (χ1n) is 8.37. The summed E-state index contributed by atoms with van der Waals surface area (Å²) in [7, 11) is 0. The van der Waals surface area contributed by atoms with Gasteiger partial charge in [0.2, 0.25) is 0 Å². The Morgan fingerprint density at radius 1 is 1.15 bits per heavy atom. The van der Waals surface area contributed by atoms with Crippen LogP contribution >= 0.6 is 0 Å². The van der Waals surface area contributed by atoms with Gasteiger partial charge in [0.15, 0.2) is 18.6 Å². The first-order chi connectivity index (χ1) is 12.5. The number of carbonyl (C=O) groups is 3. The minimum atomic E-state index is -0.982. The average molecular weight is 363 g/mol. The van der Waals surface area contributed by atoms with Gasteiger partial charge in [0.05, 0.1) is 24.7 Å². The Morgan fingerprint density at radius 2 is 1.85 bits per heavy atom. The zero-order valence-corrected chi connectivity index (χ0v) is 14.5. The lowest BCUT2D eigenvalue weighted by Crippen LogP contribution is -2.68. The van der Waals surface area contributed by atoms with Crippen LogP contribution in [0.25, 0.3) is 0 Å². The molecule has 2 aliphatic rings. The van der Waals surface area contributed by atoms with E-state index in [2.05, 4.69) is 5.32 Å². The third-order valence-corrected chi connectivity index (χ3v) is 4.36. The minimum absolute atomic E-state index is 0.249. The standard InChI is InChI=1S/C18H21NO7/c1-10(21)24-16-13(8-20)15-14(19-17(16)25-11(2)22)9-23-18(26-15)12-6-4-3-5-7-12/h3-8,13-19H,9H2,1-2H3/t13?,14?,15-,16?,17-,18?/m0/s1. The van der Waals surface area contributed by atoms with Crippen LogP contribution in [-0.4, -0.2) is 49.3 Å². The molecular formula is C18H21NO7. The molecule has 0 aliphatic carbocycles. The second-order valence-corrected chi connectivity index (χ2v) is 6.27. The molecule has 2 aliphatic heterocycles. The number of ether oxygens (including phenoxy) is 4. The van der Waals surface area contributed by atoms with E-state index in [1.165, 1.54) is 13.8 Å². The lowest BCUT2D eigenvalue weighted by molar-refractivity contribution is -0.269. The van der Waals surface area contributed by atoms with E-state index in [0.717, 1.165) is 5.56 Å². The second kappa shape index (κ2) is 7.94. The van der Waals surface area contributed by atoms with E-state index in [-0.39, 0.29) is 12.6 Å². The molecule has 0 amide bonds. The number of rotatable bonds is 4. The van der Waals surface area contributed by atoms with Crippen LogP contribution in [0.5, 0.6) is 0 Å². The number of hydrogen-bond acceptors (Lipinski definition) is 8. The molecule has 8 heteroatoms. The molecular weight excluding hydrogens is 342 g/mol. The molecule has 26 heavy (non-hydrogen) atoms. The maximum atomic E-state index is 11.8. The first-order valence-corrected chi connectivity index (χ1v) is 8.37. The Labute approximate surface area is 150 Å². The fourth-order valence-electron chi connectivity index (χ4n) is 3.31. The number of benzene rings is 1. The fourth-order valence-corrected chi connectivity index (χ4v) is 3.31. The number of nitrogens with one attached hydrogen (secondary N) is 1. The molecule has 6 atom stereocenters. The summed E-state index contributed by atoms with van der Waals surface area (Å²) < 4.78 is 22.2. The minimum Gasteiger partial charge on any atom is -0.456 e. The topological polar surface area (TPSA) is 100 Å². The fraction of sp³-hybridized carbons (Fsp3) is 0.500. The van der Waals surface area contributed by atoms with Crippen molar-refractivity contribution >= 4 is 18.2 Å². The summed E-state index contributed by atoms with van der Waals surface area (Å²) in [6.45, 7) is 2.73. The van der Waals surface area contributed by atoms with Crippen LogP contribution in [0.1, 0.15) is 25.7 Å². The molecule has 1 aromatic carbocycles. The van der Waals surface area contributed by atoms with Crippen molar-refractivity contribution in [3.05, 3.63) is 35.9 Å². The van der Waals surface area contributed by atoms with Crippen molar-refractivity contribution in [2.45, 2.75) is 44.6 Å². The van der Waals surface area contributed by atoms with E-state index < -0.39 is 42.6 Å². The molecule has 2 fully saturated rings. The van der Waals surface area contributed by atoms with Gasteiger partial charge < -0.3 is 23.7 Å². The third-order valence-electron chi connectivity index (χ3n) is 4.36. The van der Waals surface area contributed by atoms with E-state index in [1.54, 1.807) is 0 Å². The Bertz CT molecular complexity index is 665. The molecule has 1 aromatic rings. The predicted molar refractivity (Wildman–Crippen MR) is 87.6 cm³/mol. The highest BCUT2D eigenvalue weighted by atomic mass is 16.7. The van der Waals surface area contributed by atoms with Crippen molar-refractivity contribution in [2.75, 3.05) is 6.61 Å². The van der Waals surface area contributed by atoms with Gasteiger partial charge in [0.1, 0.15) is 6.29 Å². The average Bonchev–Trinajstić information content (AvgIpc) is 2.62. The SMILES string of the molecule is CC(=O)OC1C(C=O)[C@@H]2OC(c3ccccc3)OCC2N[C@H]1OC(C)=O. The van der Waals surface area contributed by atoms with Crippen LogP contribution in [0, 0.1) is 5.92 Å². The highest BCUT2D eigenvalue weighted by Crippen LogP contribution is 2.35. The summed E-state index contributed by atoms with van der Waals surface area (Å²) in [6.07, 6.45) is -2.48. The van der Waals surface area contributed by atoms with Gasteiger partial charge in [-0.3, -0.25) is 14.9 Å². The maximum Gasteiger partial charge on any atom is 0.304 e. The Kier molecular flexibility index (Phi) is 5.65.